The molecule has 1 N–H and O–H groups in total. The van der Waals surface area contributed by atoms with Crippen molar-refractivity contribution in [3.05, 3.63) is 58.1 Å². The van der Waals surface area contributed by atoms with Crippen molar-refractivity contribution in [2.75, 3.05) is 5.32 Å². The average molecular weight is 294 g/mol. The molecule has 19 heavy (non-hydrogen) atoms. The molecule has 0 spiro atoms. The highest BCUT2D eigenvalue weighted by molar-refractivity contribution is 6.39. The van der Waals surface area contributed by atoms with E-state index in [1.807, 2.05) is 24.3 Å². The van der Waals surface area contributed by atoms with Gasteiger partial charge in [0.05, 0.1) is 15.7 Å². The zero-order valence-electron chi connectivity index (χ0n) is 10.4. The number of hydrogen-bond donors (Lipinski definition) is 1. The van der Waals surface area contributed by atoms with Crippen molar-refractivity contribution in [2.45, 2.75) is 13.3 Å². The minimum atomic E-state index is 0.111. The molecule has 0 aliphatic heterocycles. The lowest BCUT2D eigenvalue weighted by Crippen LogP contribution is -2.01. The quantitative estimate of drug-likeness (QED) is 0.871. The molecule has 0 radical (unpaired) electrons. The van der Waals surface area contributed by atoms with Gasteiger partial charge in [0, 0.05) is 12.1 Å². The fraction of sp³-hybridized carbons (Fsp3) is 0.133. The fourth-order valence-corrected chi connectivity index (χ4v) is 2.31. The maximum atomic E-state index is 11.3. The molecule has 0 aliphatic carbocycles. The summed E-state index contributed by atoms with van der Waals surface area (Å²) in [5, 5.41) is 4.29. The first-order chi connectivity index (χ1) is 9.08. The second-order valence-electron chi connectivity index (χ2n) is 4.26. The molecular formula is C15H13Cl2NO. The number of Topliss-reactive ketones (excluding diaryl/α,β-unsaturated/α-hetero) is 1. The second kappa shape index (κ2) is 6.09. The highest BCUT2D eigenvalue weighted by atomic mass is 35.5. The molecular weight excluding hydrogens is 281 g/mol. The molecule has 0 saturated carbocycles. The normalized spacial score (nSPS) is 10.3. The lowest BCUT2D eigenvalue weighted by atomic mass is 10.1. The summed E-state index contributed by atoms with van der Waals surface area (Å²) in [6, 6.07) is 12.9. The van der Waals surface area contributed by atoms with Crippen LogP contribution in [0, 0.1) is 0 Å². The Bertz CT molecular complexity index is 591. The zero-order chi connectivity index (χ0) is 13.8. The van der Waals surface area contributed by atoms with Gasteiger partial charge in [-0.2, -0.15) is 0 Å². The summed E-state index contributed by atoms with van der Waals surface area (Å²) in [5.74, 6) is 0.111. The Hall–Kier alpha value is -1.51. The highest BCUT2D eigenvalue weighted by Crippen LogP contribution is 2.33. The van der Waals surface area contributed by atoms with E-state index in [1.54, 1.807) is 25.1 Å². The number of ketones is 1. The van der Waals surface area contributed by atoms with E-state index in [2.05, 4.69) is 5.32 Å². The lowest BCUT2D eigenvalue weighted by Gasteiger charge is -2.13. The molecule has 0 fully saturated rings. The van der Waals surface area contributed by atoms with Crippen molar-refractivity contribution in [3.63, 3.8) is 0 Å². The van der Waals surface area contributed by atoms with Crippen LogP contribution in [0.1, 0.15) is 12.5 Å². The number of para-hydroxylation sites is 2. The number of carbonyl (C=O) groups is 1. The Morgan fingerprint density at radius 3 is 2.32 bits per heavy atom. The Morgan fingerprint density at radius 1 is 1.05 bits per heavy atom. The molecule has 2 aromatic carbocycles. The van der Waals surface area contributed by atoms with Crippen molar-refractivity contribution in [1.29, 1.82) is 0 Å². The van der Waals surface area contributed by atoms with E-state index in [9.17, 15) is 4.79 Å². The molecule has 0 heterocycles. The number of anilines is 2. The van der Waals surface area contributed by atoms with Gasteiger partial charge in [-0.3, -0.25) is 4.79 Å². The van der Waals surface area contributed by atoms with Gasteiger partial charge in [0.1, 0.15) is 5.78 Å². The van der Waals surface area contributed by atoms with E-state index in [1.165, 1.54) is 0 Å². The predicted molar refractivity (Wildman–Crippen MR) is 80.6 cm³/mol. The molecule has 2 nitrogen and oxygen atoms in total. The van der Waals surface area contributed by atoms with Gasteiger partial charge in [0.2, 0.25) is 0 Å². The number of hydrogen-bond acceptors (Lipinski definition) is 2. The minimum Gasteiger partial charge on any atom is -0.353 e. The van der Waals surface area contributed by atoms with E-state index >= 15 is 0 Å². The largest absolute Gasteiger partial charge is 0.353 e. The third-order valence-corrected chi connectivity index (χ3v) is 3.31. The smallest absolute Gasteiger partial charge is 0.134 e. The van der Waals surface area contributed by atoms with Crippen molar-refractivity contribution >= 4 is 40.4 Å². The van der Waals surface area contributed by atoms with Crippen LogP contribution in [0.4, 0.5) is 11.4 Å². The van der Waals surface area contributed by atoms with Crippen molar-refractivity contribution in [2.24, 2.45) is 0 Å². The van der Waals surface area contributed by atoms with Gasteiger partial charge < -0.3 is 5.32 Å². The Balaban J connectivity index is 2.36. The van der Waals surface area contributed by atoms with Crippen LogP contribution >= 0.6 is 23.2 Å². The number of benzene rings is 2. The molecule has 0 saturated heterocycles. The summed E-state index contributed by atoms with van der Waals surface area (Å²) in [6.07, 6.45) is 0.380. The summed E-state index contributed by atoms with van der Waals surface area (Å²) in [6.45, 7) is 1.57. The molecule has 0 atom stereocenters. The molecule has 0 bridgehead atoms. The second-order valence-corrected chi connectivity index (χ2v) is 5.07. The SMILES string of the molecule is CC(=O)Cc1ccccc1Nc1c(Cl)cccc1Cl. The summed E-state index contributed by atoms with van der Waals surface area (Å²) in [5.41, 5.74) is 2.42. The molecule has 0 aromatic heterocycles. The molecule has 0 amide bonds. The van der Waals surface area contributed by atoms with Crippen molar-refractivity contribution < 1.29 is 4.79 Å². The molecule has 2 aromatic rings. The topological polar surface area (TPSA) is 29.1 Å². The fourth-order valence-electron chi connectivity index (χ4n) is 1.82. The van der Waals surface area contributed by atoms with Crippen LogP contribution in [-0.2, 0) is 11.2 Å². The monoisotopic (exact) mass is 293 g/mol. The van der Waals surface area contributed by atoms with Gasteiger partial charge in [0.25, 0.3) is 0 Å². The number of halogens is 2. The maximum absolute atomic E-state index is 11.3. The number of carbonyl (C=O) groups excluding carboxylic acids is 1. The van der Waals surface area contributed by atoms with Crippen LogP contribution in [0.3, 0.4) is 0 Å². The number of rotatable bonds is 4. The zero-order valence-corrected chi connectivity index (χ0v) is 11.9. The van der Waals surface area contributed by atoms with Gasteiger partial charge >= 0.3 is 0 Å². The van der Waals surface area contributed by atoms with Crippen molar-refractivity contribution in [1.82, 2.24) is 0 Å². The van der Waals surface area contributed by atoms with Crippen LogP contribution in [0.2, 0.25) is 10.0 Å². The van der Waals surface area contributed by atoms with Gasteiger partial charge in [-0.15, -0.1) is 0 Å². The first kappa shape index (κ1) is 13.9. The van der Waals surface area contributed by atoms with Crippen LogP contribution in [0.25, 0.3) is 0 Å². The van der Waals surface area contributed by atoms with Crippen LogP contribution in [-0.4, -0.2) is 5.78 Å². The van der Waals surface area contributed by atoms with Crippen LogP contribution < -0.4 is 5.32 Å². The Morgan fingerprint density at radius 2 is 1.68 bits per heavy atom. The standard InChI is InChI=1S/C15H13Cl2NO/c1-10(19)9-11-5-2-3-8-14(11)18-15-12(16)6-4-7-13(15)17/h2-8,18H,9H2,1H3. The maximum Gasteiger partial charge on any atom is 0.134 e. The molecule has 4 heteroatoms. The van der Waals surface area contributed by atoms with E-state index in [0.29, 0.717) is 22.2 Å². The first-order valence-electron chi connectivity index (χ1n) is 5.86. The highest BCUT2D eigenvalue weighted by Gasteiger charge is 2.09. The van der Waals surface area contributed by atoms with E-state index in [0.717, 1.165) is 11.3 Å². The first-order valence-corrected chi connectivity index (χ1v) is 6.62. The third-order valence-electron chi connectivity index (χ3n) is 2.68. The molecule has 0 unspecified atom stereocenters. The molecule has 2 rings (SSSR count). The number of nitrogens with one attached hydrogen (secondary N) is 1. The summed E-state index contributed by atoms with van der Waals surface area (Å²) < 4.78 is 0. The molecule has 0 aliphatic rings. The average Bonchev–Trinajstić information content (AvgIpc) is 2.35. The Labute approximate surface area is 122 Å². The minimum absolute atomic E-state index is 0.111. The van der Waals surface area contributed by atoms with Gasteiger partial charge in [-0.25, -0.2) is 0 Å². The van der Waals surface area contributed by atoms with E-state index < -0.39 is 0 Å². The van der Waals surface area contributed by atoms with E-state index in [-0.39, 0.29) is 5.78 Å². The van der Waals surface area contributed by atoms with Gasteiger partial charge in [-0.05, 0) is 30.7 Å². The van der Waals surface area contributed by atoms with Crippen LogP contribution in [0.5, 0.6) is 0 Å². The van der Waals surface area contributed by atoms with Gasteiger partial charge in [-0.1, -0.05) is 47.5 Å². The van der Waals surface area contributed by atoms with Gasteiger partial charge in [0.15, 0.2) is 0 Å². The Kier molecular flexibility index (Phi) is 4.46. The summed E-state index contributed by atoms with van der Waals surface area (Å²) >= 11 is 12.2. The van der Waals surface area contributed by atoms with Crippen LogP contribution in [0.15, 0.2) is 42.5 Å². The summed E-state index contributed by atoms with van der Waals surface area (Å²) in [4.78, 5) is 11.3. The van der Waals surface area contributed by atoms with Crippen molar-refractivity contribution in [3.8, 4) is 0 Å². The van der Waals surface area contributed by atoms with E-state index in [4.69, 9.17) is 23.2 Å². The summed E-state index contributed by atoms with van der Waals surface area (Å²) in [7, 11) is 0. The third kappa shape index (κ3) is 3.49. The predicted octanol–water partition coefficient (Wildman–Crippen LogP) is 4.87. The molecule has 98 valence electrons. The lowest BCUT2D eigenvalue weighted by molar-refractivity contribution is -0.116.